The predicted octanol–water partition coefficient (Wildman–Crippen LogP) is 3.08. The van der Waals surface area contributed by atoms with Crippen LogP contribution in [0, 0.1) is 0 Å². The molecular formula is C13H15NO2S. The fraction of sp³-hybridized carbons (Fsp3) is 0.231. The largest absolute Gasteiger partial charge is 0.481 e. The summed E-state index contributed by atoms with van der Waals surface area (Å²) in [5, 5.41) is 0. The molecule has 0 radical (unpaired) electrons. The van der Waals surface area contributed by atoms with Crippen LogP contribution < -0.4 is 10.5 Å². The highest BCUT2D eigenvalue weighted by Crippen LogP contribution is 2.24. The summed E-state index contributed by atoms with van der Waals surface area (Å²) in [5.41, 5.74) is 5.68. The molecule has 0 aliphatic heterocycles. The minimum atomic E-state index is -0.231. The third-order valence-corrected chi connectivity index (χ3v) is 3.16. The van der Waals surface area contributed by atoms with Gasteiger partial charge >= 0.3 is 0 Å². The molecule has 4 heteroatoms. The van der Waals surface area contributed by atoms with Crippen LogP contribution in [0.3, 0.4) is 0 Å². The van der Waals surface area contributed by atoms with E-state index in [1.807, 2.05) is 42.7 Å². The van der Waals surface area contributed by atoms with E-state index in [1.165, 1.54) is 4.90 Å². The van der Waals surface area contributed by atoms with Crippen molar-refractivity contribution < 1.29 is 9.15 Å². The number of hydrogen-bond donors (Lipinski definition) is 1. The van der Waals surface area contributed by atoms with Crippen LogP contribution in [0.15, 0.2) is 52.0 Å². The van der Waals surface area contributed by atoms with Crippen molar-refractivity contribution in [3.05, 3.63) is 48.4 Å². The van der Waals surface area contributed by atoms with E-state index < -0.39 is 0 Å². The number of thioether (sulfide) groups is 1. The molecule has 1 atom stereocenters. The van der Waals surface area contributed by atoms with Gasteiger partial charge in [0.2, 0.25) is 0 Å². The van der Waals surface area contributed by atoms with Crippen LogP contribution in [-0.4, -0.2) is 12.8 Å². The average Bonchev–Trinajstić information content (AvgIpc) is 2.90. The fourth-order valence-corrected chi connectivity index (χ4v) is 1.92. The van der Waals surface area contributed by atoms with Crippen LogP contribution in [-0.2, 0) is 0 Å². The second-order valence-corrected chi connectivity index (χ2v) is 4.41. The van der Waals surface area contributed by atoms with Gasteiger partial charge in [0.15, 0.2) is 6.10 Å². The Morgan fingerprint density at radius 3 is 2.59 bits per heavy atom. The summed E-state index contributed by atoms with van der Waals surface area (Å²) in [7, 11) is 0. The predicted molar refractivity (Wildman–Crippen MR) is 69.4 cm³/mol. The molecule has 3 nitrogen and oxygen atoms in total. The van der Waals surface area contributed by atoms with Gasteiger partial charge in [0.1, 0.15) is 11.5 Å². The quantitative estimate of drug-likeness (QED) is 0.827. The van der Waals surface area contributed by atoms with Crippen molar-refractivity contribution in [2.45, 2.75) is 11.0 Å². The molecule has 2 N–H and O–H groups in total. The third-order valence-electron chi connectivity index (χ3n) is 2.41. The van der Waals surface area contributed by atoms with Gasteiger partial charge in [-0.3, -0.25) is 0 Å². The minimum absolute atomic E-state index is 0.231. The molecule has 2 rings (SSSR count). The van der Waals surface area contributed by atoms with Gasteiger partial charge in [-0.05, 0) is 42.7 Å². The van der Waals surface area contributed by atoms with Crippen LogP contribution in [0.2, 0.25) is 0 Å². The van der Waals surface area contributed by atoms with Gasteiger partial charge in [-0.15, -0.1) is 11.8 Å². The first-order chi connectivity index (χ1) is 8.33. The Balaban J connectivity index is 2.07. The molecule has 0 amide bonds. The molecule has 1 aromatic carbocycles. The smallest absolute Gasteiger partial charge is 0.168 e. The number of hydrogen-bond acceptors (Lipinski definition) is 4. The van der Waals surface area contributed by atoms with Gasteiger partial charge in [0, 0.05) is 11.4 Å². The average molecular weight is 249 g/mol. The first kappa shape index (κ1) is 12.1. The van der Waals surface area contributed by atoms with E-state index in [-0.39, 0.29) is 6.10 Å². The summed E-state index contributed by atoms with van der Waals surface area (Å²) in [6.07, 6.45) is 3.43. The molecule has 0 aliphatic rings. The van der Waals surface area contributed by atoms with Gasteiger partial charge in [-0.2, -0.15) is 0 Å². The Labute approximate surface area is 105 Å². The Morgan fingerprint density at radius 1 is 1.29 bits per heavy atom. The minimum Gasteiger partial charge on any atom is -0.481 e. The van der Waals surface area contributed by atoms with Crippen LogP contribution >= 0.6 is 11.8 Å². The summed E-state index contributed by atoms with van der Waals surface area (Å²) in [6, 6.07) is 11.6. The molecule has 17 heavy (non-hydrogen) atoms. The molecule has 0 saturated carbocycles. The lowest BCUT2D eigenvalue weighted by Crippen LogP contribution is -2.17. The van der Waals surface area contributed by atoms with E-state index in [9.17, 15) is 0 Å². The van der Waals surface area contributed by atoms with Crippen LogP contribution in [0.4, 0.5) is 0 Å². The van der Waals surface area contributed by atoms with Crippen molar-refractivity contribution in [2.24, 2.45) is 5.73 Å². The SMILES string of the molecule is CSc1ccc(OC(CN)c2ccco2)cc1. The highest BCUT2D eigenvalue weighted by molar-refractivity contribution is 7.98. The van der Waals surface area contributed by atoms with Crippen molar-refractivity contribution in [2.75, 3.05) is 12.8 Å². The van der Waals surface area contributed by atoms with Crippen molar-refractivity contribution in [1.82, 2.24) is 0 Å². The monoisotopic (exact) mass is 249 g/mol. The normalized spacial score (nSPS) is 12.4. The second-order valence-electron chi connectivity index (χ2n) is 3.53. The van der Waals surface area contributed by atoms with E-state index in [0.29, 0.717) is 6.54 Å². The maximum Gasteiger partial charge on any atom is 0.168 e. The molecule has 0 spiro atoms. The Morgan fingerprint density at radius 2 is 2.06 bits per heavy atom. The molecule has 90 valence electrons. The van der Waals surface area contributed by atoms with Gasteiger partial charge < -0.3 is 14.9 Å². The zero-order valence-electron chi connectivity index (χ0n) is 9.63. The van der Waals surface area contributed by atoms with Gasteiger partial charge in [-0.25, -0.2) is 0 Å². The first-order valence-electron chi connectivity index (χ1n) is 5.37. The molecule has 1 aromatic heterocycles. The van der Waals surface area contributed by atoms with Gasteiger partial charge in [0.05, 0.1) is 6.26 Å². The topological polar surface area (TPSA) is 48.4 Å². The maximum absolute atomic E-state index is 5.78. The van der Waals surface area contributed by atoms with Gasteiger partial charge in [-0.1, -0.05) is 0 Å². The zero-order valence-corrected chi connectivity index (χ0v) is 10.4. The molecule has 1 unspecified atom stereocenters. The lowest BCUT2D eigenvalue weighted by Gasteiger charge is -2.15. The molecular weight excluding hydrogens is 234 g/mol. The second kappa shape index (κ2) is 5.80. The lowest BCUT2D eigenvalue weighted by atomic mass is 10.2. The number of benzene rings is 1. The van der Waals surface area contributed by atoms with Crippen molar-refractivity contribution in [1.29, 1.82) is 0 Å². The summed E-state index contributed by atoms with van der Waals surface area (Å²) in [4.78, 5) is 1.21. The molecule has 0 fully saturated rings. The van der Waals surface area contributed by atoms with E-state index >= 15 is 0 Å². The van der Waals surface area contributed by atoms with Crippen molar-refractivity contribution in [3.63, 3.8) is 0 Å². The Kier molecular flexibility index (Phi) is 4.12. The summed E-state index contributed by atoms with van der Waals surface area (Å²) in [5.74, 6) is 1.55. The van der Waals surface area contributed by atoms with Crippen LogP contribution in [0.25, 0.3) is 0 Å². The number of ether oxygens (including phenoxy) is 1. The first-order valence-corrected chi connectivity index (χ1v) is 6.60. The molecule has 0 saturated heterocycles. The molecule has 1 heterocycles. The maximum atomic E-state index is 5.78. The molecule has 0 aliphatic carbocycles. The standard InChI is InChI=1S/C13H15NO2S/c1-17-11-6-4-10(5-7-11)16-13(9-14)12-3-2-8-15-12/h2-8,13H,9,14H2,1H3. The van der Waals surface area contributed by atoms with Crippen molar-refractivity contribution >= 4 is 11.8 Å². The molecule has 2 aromatic rings. The number of nitrogens with two attached hydrogens (primary N) is 1. The van der Waals surface area contributed by atoms with E-state index in [2.05, 4.69) is 0 Å². The fourth-order valence-electron chi connectivity index (χ4n) is 1.52. The molecule has 0 bridgehead atoms. The van der Waals surface area contributed by atoms with E-state index in [4.69, 9.17) is 14.9 Å². The lowest BCUT2D eigenvalue weighted by molar-refractivity contribution is 0.184. The Bertz CT molecular complexity index is 439. The highest BCUT2D eigenvalue weighted by Gasteiger charge is 2.13. The van der Waals surface area contributed by atoms with Crippen LogP contribution in [0.5, 0.6) is 5.75 Å². The Hall–Kier alpha value is -1.39. The number of rotatable bonds is 5. The van der Waals surface area contributed by atoms with Crippen LogP contribution in [0.1, 0.15) is 11.9 Å². The van der Waals surface area contributed by atoms with Gasteiger partial charge in [0.25, 0.3) is 0 Å². The van der Waals surface area contributed by atoms with Crippen molar-refractivity contribution in [3.8, 4) is 5.75 Å². The summed E-state index contributed by atoms with van der Waals surface area (Å²) in [6.45, 7) is 0.387. The van der Waals surface area contributed by atoms with E-state index in [1.54, 1.807) is 18.0 Å². The third kappa shape index (κ3) is 3.05. The highest BCUT2D eigenvalue weighted by atomic mass is 32.2. The summed E-state index contributed by atoms with van der Waals surface area (Å²) < 4.78 is 11.1. The number of furan rings is 1. The summed E-state index contributed by atoms with van der Waals surface area (Å²) >= 11 is 1.70. The zero-order chi connectivity index (χ0) is 12.1. The van der Waals surface area contributed by atoms with E-state index in [0.717, 1.165) is 11.5 Å².